The Kier molecular flexibility index (Phi) is 4.51. The van der Waals surface area contributed by atoms with Crippen LogP contribution in [0.25, 0.3) is 0 Å². The van der Waals surface area contributed by atoms with Gasteiger partial charge in [-0.2, -0.15) is 0 Å². The fourth-order valence-electron chi connectivity index (χ4n) is 1.09. The van der Waals surface area contributed by atoms with Crippen LogP contribution in [-0.4, -0.2) is 19.0 Å². The van der Waals surface area contributed by atoms with Crippen LogP contribution in [-0.2, 0) is 9.53 Å². The Bertz CT molecular complexity index is 399. The van der Waals surface area contributed by atoms with Gasteiger partial charge in [0, 0.05) is 5.92 Å². The Morgan fingerprint density at radius 2 is 1.76 bits per heavy atom. The molecule has 0 atom stereocenters. The molecule has 0 saturated carbocycles. The molecule has 1 aromatic carbocycles. The molecule has 92 valence electrons. The fraction of sp³-hybridized carbons (Fsp3) is 0.333. The van der Waals surface area contributed by atoms with E-state index in [2.05, 4.69) is 15.6 Å². The van der Waals surface area contributed by atoms with Gasteiger partial charge in [-0.05, 0) is 24.3 Å². The van der Waals surface area contributed by atoms with Crippen molar-refractivity contribution in [2.45, 2.75) is 13.8 Å². The van der Waals surface area contributed by atoms with Crippen molar-refractivity contribution in [3.63, 3.8) is 0 Å². The molecule has 0 unspecified atom stereocenters. The lowest BCUT2D eigenvalue weighted by molar-refractivity contribution is -0.123. The summed E-state index contributed by atoms with van der Waals surface area (Å²) in [6, 6.07) is 6.62. The summed E-state index contributed by atoms with van der Waals surface area (Å²) in [5, 5.41) is 0. The van der Waals surface area contributed by atoms with Crippen molar-refractivity contribution >= 4 is 17.6 Å². The van der Waals surface area contributed by atoms with Crippen molar-refractivity contribution < 1.29 is 14.3 Å². The molecule has 1 amide bonds. The number of ether oxygens (including phenoxy) is 1. The fourth-order valence-corrected chi connectivity index (χ4v) is 1.09. The highest BCUT2D eigenvalue weighted by Crippen LogP contribution is 2.09. The number of carbonyl (C=O) groups is 2. The van der Waals surface area contributed by atoms with Gasteiger partial charge in [-0.1, -0.05) is 13.8 Å². The Morgan fingerprint density at radius 1 is 1.18 bits per heavy atom. The van der Waals surface area contributed by atoms with Crippen molar-refractivity contribution in [3.05, 3.63) is 29.8 Å². The Hall–Kier alpha value is -2.04. The molecule has 0 radical (unpaired) electrons. The summed E-state index contributed by atoms with van der Waals surface area (Å²) in [4.78, 5) is 22.5. The summed E-state index contributed by atoms with van der Waals surface area (Å²) >= 11 is 0. The van der Waals surface area contributed by atoms with E-state index in [1.807, 2.05) is 0 Å². The summed E-state index contributed by atoms with van der Waals surface area (Å²) in [6.07, 6.45) is 0. The molecule has 5 heteroatoms. The number of carbonyl (C=O) groups excluding carboxylic acids is 2. The predicted molar refractivity (Wildman–Crippen MR) is 64.4 cm³/mol. The molecule has 0 heterocycles. The van der Waals surface area contributed by atoms with Crippen LogP contribution in [0, 0.1) is 5.92 Å². The number of hydrogen-bond acceptors (Lipinski definition) is 4. The first kappa shape index (κ1) is 13.0. The molecular weight excluding hydrogens is 220 g/mol. The number of hydrazine groups is 1. The Morgan fingerprint density at radius 3 is 2.24 bits per heavy atom. The van der Waals surface area contributed by atoms with Crippen LogP contribution in [0.2, 0.25) is 0 Å². The molecule has 1 aromatic rings. The van der Waals surface area contributed by atoms with Crippen molar-refractivity contribution in [2.24, 2.45) is 5.92 Å². The number of amides is 1. The van der Waals surface area contributed by atoms with Gasteiger partial charge in [0.15, 0.2) is 0 Å². The lowest BCUT2D eigenvalue weighted by atomic mass is 10.2. The van der Waals surface area contributed by atoms with Crippen LogP contribution in [0.4, 0.5) is 5.69 Å². The highest BCUT2D eigenvalue weighted by Gasteiger charge is 2.06. The smallest absolute Gasteiger partial charge is 0.337 e. The summed E-state index contributed by atoms with van der Waals surface area (Å²) < 4.78 is 4.58. The van der Waals surface area contributed by atoms with Gasteiger partial charge in [-0.3, -0.25) is 15.6 Å². The quantitative estimate of drug-likeness (QED) is 0.615. The van der Waals surface area contributed by atoms with E-state index in [1.54, 1.807) is 38.1 Å². The summed E-state index contributed by atoms with van der Waals surface area (Å²) in [6.45, 7) is 3.61. The first-order valence-corrected chi connectivity index (χ1v) is 5.29. The van der Waals surface area contributed by atoms with E-state index < -0.39 is 0 Å². The number of methoxy groups -OCH3 is 1. The third kappa shape index (κ3) is 3.79. The lowest BCUT2D eigenvalue weighted by Gasteiger charge is -2.10. The van der Waals surface area contributed by atoms with Gasteiger partial charge < -0.3 is 4.74 Å². The van der Waals surface area contributed by atoms with E-state index in [4.69, 9.17) is 0 Å². The third-order valence-electron chi connectivity index (χ3n) is 2.16. The maximum Gasteiger partial charge on any atom is 0.337 e. The van der Waals surface area contributed by atoms with Gasteiger partial charge in [-0.25, -0.2) is 4.79 Å². The number of nitrogens with one attached hydrogen (secondary N) is 2. The number of rotatable bonds is 4. The Labute approximate surface area is 100 Å². The second-order valence-corrected chi connectivity index (χ2v) is 3.84. The van der Waals surface area contributed by atoms with Gasteiger partial charge in [0.25, 0.3) is 0 Å². The molecule has 0 aliphatic heterocycles. The summed E-state index contributed by atoms with van der Waals surface area (Å²) in [7, 11) is 1.33. The SMILES string of the molecule is COC(=O)c1ccc(NNC(=O)C(C)C)cc1. The van der Waals surface area contributed by atoms with Crippen LogP contribution < -0.4 is 10.9 Å². The highest BCUT2D eigenvalue weighted by molar-refractivity contribution is 5.89. The minimum atomic E-state index is -0.386. The summed E-state index contributed by atoms with van der Waals surface area (Å²) in [5.74, 6) is -0.568. The zero-order valence-corrected chi connectivity index (χ0v) is 10.1. The van der Waals surface area contributed by atoms with Gasteiger partial charge in [0.05, 0.1) is 18.4 Å². The molecule has 0 saturated heterocycles. The molecular formula is C12H16N2O3. The normalized spacial score (nSPS) is 9.88. The van der Waals surface area contributed by atoms with Crippen LogP contribution in [0.15, 0.2) is 24.3 Å². The predicted octanol–water partition coefficient (Wildman–Crippen LogP) is 1.57. The molecule has 0 aliphatic rings. The van der Waals surface area contributed by atoms with E-state index >= 15 is 0 Å². The summed E-state index contributed by atoms with van der Waals surface area (Å²) in [5.41, 5.74) is 6.48. The van der Waals surface area contributed by atoms with Crippen LogP contribution in [0.1, 0.15) is 24.2 Å². The van der Waals surface area contributed by atoms with E-state index in [-0.39, 0.29) is 17.8 Å². The van der Waals surface area contributed by atoms with Crippen LogP contribution >= 0.6 is 0 Å². The zero-order chi connectivity index (χ0) is 12.8. The zero-order valence-electron chi connectivity index (χ0n) is 10.1. The first-order chi connectivity index (χ1) is 8.04. The standard InChI is InChI=1S/C12H16N2O3/c1-8(2)11(15)14-13-10-6-4-9(5-7-10)12(16)17-3/h4-8,13H,1-3H3,(H,14,15). The van der Waals surface area contributed by atoms with E-state index in [0.717, 1.165) is 0 Å². The second kappa shape index (κ2) is 5.89. The molecule has 0 fully saturated rings. The molecule has 0 aliphatic carbocycles. The second-order valence-electron chi connectivity index (χ2n) is 3.84. The largest absolute Gasteiger partial charge is 0.465 e. The lowest BCUT2D eigenvalue weighted by Crippen LogP contribution is -2.32. The van der Waals surface area contributed by atoms with Gasteiger partial charge in [0.1, 0.15) is 0 Å². The molecule has 0 aromatic heterocycles. The van der Waals surface area contributed by atoms with Gasteiger partial charge in [0.2, 0.25) is 5.91 Å². The number of benzene rings is 1. The molecule has 17 heavy (non-hydrogen) atoms. The van der Waals surface area contributed by atoms with Crippen LogP contribution in [0.5, 0.6) is 0 Å². The van der Waals surface area contributed by atoms with Crippen molar-refractivity contribution in [1.29, 1.82) is 0 Å². The molecule has 1 rings (SSSR count). The molecule has 2 N–H and O–H groups in total. The third-order valence-corrected chi connectivity index (χ3v) is 2.16. The van der Waals surface area contributed by atoms with Gasteiger partial charge >= 0.3 is 5.97 Å². The van der Waals surface area contributed by atoms with E-state index in [9.17, 15) is 9.59 Å². The van der Waals surface area contributed by atoms with Crippen molar-refractivity contribution in [2.75, 3.05) is 12.5 Å². The molecule has 0 bridgehead atoms. The number of anilines is 1. The molecule has 5 nitrogen and oxygen atoms in total. The number of hydrogen-bond donors (Lipinski definition) is 2. The maximum absolute atomic E-state index is 11.3. The monoisotopic (exact) mass is 236 g/mol. The van der Waals surface area contributed by atoms with Crippen molar-refractivity contribution in [1.82, 2.24) is 5.43 Å². The minimum Gasteiger partial charge on any atom is -0.465 e. The Balaban J connectivity index is 2.57. The first-order valence-electron chi connectivity index (χ1n) is 5.29. The minimum absolute atomic E-state index is 0.0863. The van der Waals surface area contributed by atoms with E-state index in [0.29, 0.717) is 11.3 Å². The average Bonchev–Trinajstić information content (AvgIpc) is 2.35. The molecule has 0 spiro atoms. The van der Waals surface area contributed by atoms with Gasteiger partial charge in [-0.15, -0.1) is 0 Å². The topological polar surface area (TPSA) is 67.4 Å². The van der Waals surface area contributed by atoms with Crippen molar-refractivity contribution in [3.8, 4) is 0 Å². The number of esters is 1. The highest BCUT2D eigenvalue weighted by atomic mass is 16.5. The average molecular weight is 236 g/mol. The maximum atomic E-state index is 11.3. The van der Waals surface area contributed by atoms with Crippen LogP contribution in [0.3, 0.4) is 0 Å². The van der Waals surface area contributed by atoms with E-state index in [1.165, 1.54) is 7.11 Å².